The van der Waals surface area contributed by atoms with E-state index in [0.29, 0.717) is 23.3 Å². The van der Waals surface area contributed by atoms with Crippen molar-refractivity contribution in [3.05, 3.63) is 41.0 Å². The Bertz CT molecular complexity index is 716. The van der Waals surface area contributed by atoms with Crippen LogP contribution >= 0.6 is 0 Å². The van der Waals surface area contributed by atoms with E-state index < -0.39 is 11.6 Å². The van der Waals surface area contributed by atoms with Gasteiger partial charge in [0.25, 0.3) is 0 Å². The molecule has 1 aromatic rings. The highest BCUT2D eigenvalue weighted by atomic mass is 16.5. The monoisotopic (exact) mass is 342 g/mol. The fourth-order valence-corrected chi connectivity index (χ4v) is 4.05. The molecule has 0 heterocycles. The Labute approximate surface area is 148 Å². The Morgan fingerprint density at radius 2 is 1.80 bits per heavy atom. The zero-order valence-electron chi connectivity index (χ0n) is 15.1. The van der Waals surface area contributed by atoms with Crippen molar-refractivity contribution in [2.75, 3.05) is 6.61 Å². The van der Waals surface area contributed by atoms with E-state index in [1.54, 1.807) is 24.3 Å². The van der Waals surface area contributed by atoms with Gasteiger partial charge in [-0.3, -0.25) is 9.59 Å². The quantitative estimate of drug-likeness (QED) is 0.833. The summed E-state index contributed by atoms with van der Waals surface area (Å²) < 4.78 is 6.08. The molecule has 0 aliphatic heterocycles. The maximum Gasteiger partial charge on any atom is 0.235 e. The van der Waals surface area contributed by atoms with Crippen LogP contribution in [0.2, 0.25) is 0 Å². The first-order valence-electron chi connectivity index (χ1n) is 9.12. The lowest BCUT2D eigenvalue weighted by molar-refractivity contribution is -0.113. The first-order valence-corrected chi connectivity index (χ1v) is 9.12. The minimum absolute atomic E-state index is 0.00858. The van der Waals surface area contributed by atoms with E-state index in [1.807, 2.05) is 0 Å². The van der Waals surface area contributed by atoms with Gasteiger partial charge >= 0.3 is 0 Å². The second-order valence-corrected chi connectivity index (χ2v) is 7.71. The van der Waals surface area contributed by atoms with Crippen LogP contribution in [0.15, 0.2) is 29.8 Å². The summed E-state index contributed by atoms with van der Waals surface area (Å²) in [6, 6.07) is 6.67. The van der Waals surface area contributed by atoms with Crippen molar-refractivity contribution < 1.29 is 19.4 Å². The highest BCUT2D eigenvalue weighted by Gasteiger charge is 2.35. The smallest absolute Gasteiger partial charge is 0.235 e. The summed E-state index contributed by atoms with van der Waals surface area (Å²) in [5.74, 6) is 0.202. The van der Waals surface area contributed by atoms with E-state index in [-0.39, 0.29) is 29.6 Å². The maximum atomic E-state index is 12.4. The van der Waals surface area contributed by atoms with Crippen molar-refractivity contribution in [2.24, 2.45) is 17.8 Å². The van der Waals surface area contributed by atoms with Crippen LogP contribution in [0.4, 0.5) is 0 Å². The number of aliphatic hydroxyl groups is 1. The van der Waals surface area contributed by atoms with Crippen LogP contribution in [-0.2, 0) is 9.53 Å². The van der Waals surface area contributed by atoms with E-state index in [9.17, 15) is 14.7 Å². The summed E-state index contributed by atoms with van der Waals surface area (Å²) in [7, 11) is 0. The van der Waals surface area contributed by atoms with Crippen molar-refractivity contribution in [3.63, 3.8) is 0 Å². The standard InChI is InChI=1S/C21H26O4/c1-12(2)14-9-8-13(3)10-18(14)25-11-17-19(22)15-6-4-5-7-16(15)20(23)21(17)24/h4-7,12-14,18,22H,8-11H2,1-3H3. The van der Waals surface area contributed by atoms with E-state index >= 15 is 0 Å². The average Bonchev–Trinajstić information content (AvgIpc) is 2.59. The van der Waals surface area contributed by atoms with Crippen LogP contribution < -0.4 is 0 Å². The molecule has 0 bridgehead atoms. The molecule has 1 aromatic carbocycles. The number of Topliss-reactive ketones (excluding diaryl/α,β-unsaturated/α-hetero) is 2. The van der Waals surface area contributed by atoms with Crippen LogP contribution in [0, 0.1) is 17.8 Å². The number of ether oxygens (including phenoxy) is 1. The predicted octanol–water partition coefficient (Wildman–Crippen LogP) is 4.20. The van der Waals surface area contributed by atoms with Crippen LogP contribution in [0.3, 0.4) is 0 Å². The lowest BCUT2D eigenvalue weighted by Crippen LogP contribution is -2.36. The third kappa shape index (κ3) is 3.40. The highest BCUT2D eigenvalue weighted by molar-refractivity contribution is 6.52. The first-order chi connectivity index (χ1) is 11.9. The number of ketones is 2. The Balaban J connectivity index is 1.82. The number of rotatable bonds is 4. The normalized spacial score (nSPS) is 27.0. The van der Waals surface area contributed by atoms with Gasteiger partial charge in [0.2, 0.25) is 11.6 Å². The fourth-order valence-electron chi connectivity index (χ4n) is 4.05. The highest BCUT2D eigenvalue weighted by Crippen LogP contribution is 2.36. The molecule has 25 heavy (non-hydrogen) atoms. The molecule has 134 valence electrons. The molecule has 0 amide bonds. The first kappa shape index (κ1) is 17.9. The summed E-state index contributed by atoms with van der Waals surface area (Å²) >= 11 is 0. The zero-order valence-corrected chi connectivity index (χ0v) is 15.1. The molecule has 4 nitrogen and oxygen atoms in total. The summed E-state index contributed by atoms with van der Waals surface area (Å²) in [6.45, 7) is 6.60. The van der Waals surface area contributed by atoms with Gasteiger partial charge in [0, 0.05) is 11.1 Å². The molecule has 3 atom stereocenters. The lowest BCUT2D eigenvalue weighted by atomic mass is 9.75. The Morgan fingerprint density at radius 3 is 2.48 bits per heavy atom. The number of carbonyl (C=O) groups is 2. The van der Waals surface area contributed by atoms with Gasteiger partial charge in [-0.15, -0.1) is 0 Å². The third-order valence-electron chi connectivity index (χ3n) is 5.60. The van der Waals surface area contributed by atoms with Crippen molar-refractivity contribution >= 4 is 17.3 Å². The van der Waals surface area contributed by atoms with Gasteiger partial charge in [0.15, 0.2) is 0 Å². The maximum absolute atomic E-state index is 12.4. The van der Waals surface area contributed by atoms with E-state index in [2.05, 4.69) is 20.8 Å². The van der Waals surface area contributed by atoms with Crippen LogP contribution in [0.1, 0.15) is 56.0 Å². The summed E-state index contributed by atoms with van der Waals surface area (Å²) in [5, 5.41) is 10.5. The number of aliphatic hydroxyl groups excluding tert-OH is 1. The SMILES string of the molecule is CC1CCC(C(C)C)C(OCC2=C(O)c3ccccc3C(=O)C2=O)C1. The molecule has 3 rings (SSSR count). The summed E-state index contributed by atoms with van der Waals surface area (Å²) in [6.07, 6.45) is 3.32. The number of carbonyl (C=O) groups excluding carboxylic acids is 2. The lowest BCUT2D eigenvalue weighted by Gasteiger charge is -2.37. The van der Waals surface area contributed by atoms with Crippen molar-refractivity contribution in [2.45, 2.75) is 46.1 Å². The van der Waals surface area contributed by atoms with Crippen molar-refractivity contribution in [1.29, 1.82) is 0 Å². The summed E-state index contributed by atoms with van der Waals surface area (Å²) in [4.78, 5) is 24.7. The molecule has 2 aliphatic carbocycles. The molecule has 2 aliphatic rings. The third-order valence-corrected chi connectivity index (χ3v) is 5.60. The number of benzene rings is 1. The Hall–Kier alpha value is -1.94. The minimum atomic E-state index is -0.652. The molecule has 0 saturated heterocycles. The second-order valence-electron chi connectivity index (χ2n) is 7.71. The van der Waals surface area contributed by atoms with Crippen molar-refractivity contribution in [3.8, 4) is 0 Å². The molecule has 0 aromatic heterocycles. The second kappa shape index (κ2) is 7.12. The largest absolute Gasteiger partial charge is 0.507 e. The minimum Gasteiger partial charge on any atom is -0.507 e. The number of fused-ring (bicyclic) bond motifs is 1. The van der Waals surface area contributed by atoms with Gasteiger partial charge in [-0.05, 0) is 30.6 Å². The molecule has 1 saturated carbocycles. The zero-order chi connectivity index (χ0) is 18.1. The van der Waals surface area contributed by atoms with Gasteiger partial charge in [0.1, 0.15) is 5.76 Å². The molecule has 1 fully saturated rings. The molecule has 1 N–H and O–H groups in total. The molecule has 4 heteroatoms. The van der Waals surface area contributed by atoms with Gasteiger partial charge in [-0.25, -0.2) is 0 Å². The average molecular weight is 342 g/mol. The molecule has 0 spiro atoms. The van der Waals surface area contributed by atoms with Crippen LogP contribution in [0.5, 0.6) is 0 Å². The topological polar surface area (TPSA) is 63.6 Å². The number of hydrogen-bond donors (Lipinski definition) is 1. The van der Waals surface area contributed by atoms with Gasteiger partial charge in [-0.2, -0.15) is 0 Å². The van der Waals surface area contributed by atoms with E-state index in [0.717, 1.165) is 12.8 Å². The fraction of sp³-hybridized carbons (Fsp3) is 0.524. The molecular weight excluding hydrogens is 316 g/mol. The van der Waals surface area contributed by atoms with Crippen molar-refractivity contribution in [1.82, 2.24) is 0 Å². The van der Waals surface area contributed by atoms with Crippen LogP contribution in [0.25, 0.3) is 5.76 Å². The Kier molecular flexibility index (Phi) is 5.09. The van der Waals surface area contributed by atoms with Gasteiger partial charge in [0.05, 0.1) is 18.3 Å². The Morgan fingerprint density at radius 1 is 1.12 bits per heavy atom. The van der Waals surface area contributed by atoms with E-state index in [1.165, 1.54) is 6.42 Å². The van der Waals surface area contributed by atoms with E-state index in [4.69, 9.17) is 4.74 Å². The predicted molar refractivity (Wildman–Crippen MR) is 96.4 cm³/mol. The van der Waals surface area contributed by atoms with Gasteiger partial charge < -0.3 is 9.84 Å². The van der Waals surface area contributed by atoms with Gasteiger partial charge in [-0.1, -0.05) is 51.5 Å². The molecule has 0 radical (unpaired) electrons. The van der Waals surface area contributed by atoms with Crippen LogP contribution in [-0.4, -0.2) is 29.4 Å². The molecular formula is C21H26O4. The summed E-state index contributed by atoms with van der Waals surface area (Å²) in [5.41, 5.74) is 0.771. The number of hydrogen-bond acceptors (Lipinski definition) is 4. The molecule has 3 unspecified atom stereocenters.